The number of rotatable bonds is 2. The van der Waals surface area contributed by atoms with E-state index in [9.17, 15) is 14.7 Å². The minimum absolute atomic E-state index is 0.0110. The maximum Gasteiger partial charge on any atom is 0.341 e. The van der Waals surface area contributed by atoms with Gasteiger partial charge in [0.05, 0.1) is 12.2 Å². The summed E-state index contributed by atoms with van der Waals surface area (Å²) in [5.74, 6) is -0.973. The standard InChI is InChI=1S/C10H14O4/c1-4-14-9(12)8-6(2)10(3,13)5-7(8)11/h13H,4-5H2,1-3H3. The fourth-order valence-electron chi connectivity index (χ4n) is 1.48. The van der Waals surface area contributed by atoms with Crippen LogP contribution < -0.4 is 0 Å². The molecule has 1 atom stereocenters. The molecule has 0 saturated carbocycles. The van der Waals surface area contributed by atoms with E-state index in [1.807, 2.05) is 0 Å². The average molecular weight is 198 g/mol. The minimum atomic E-state index is -1.20. The summed E-state index contributed by atoms with van der Waals surface area (Å²) in [5.41, 5.74) is -0.781. The Kier molecular flexibility index (Phi) is 2.76. The van der Waals surface area contributed by atoms with Gasteiger partial charge in [0.25, 0.3) is 0 Å². The number of carbonyl (C=O) groups is 2. The van der Waals surface area contributed by atoms with E-state index in [0.717, 1.165) is 0 Å². The molecule has 0 aromatic rings. The van der Waals surface area contributed by atoms with Crippen LogP contribution in [0.3, 0.4) is 0 Å². The number of hydrogen-bond donors (Lipinski definition) is 1. The molecular formula is C10H14O4. The lowest BCUT2D eigenvalue weighted by Crippen LogP contribution is -2.22. The zero-order valence-corrected chi connectivity index (χ0v) is 8.59. The van der Waals surface area contributed by atoms with Crippen LogP contribution in [0.5, 0.6) is 0 Å². The number of Topliss-reactive ketones (excluding diaryl/α,β-unsaturated/α-hetero) is 1. The smallest absolute Gasteiger partial charge is 0.341 e. The SMILES string of the molecule is CCOC(=O)C1=C(C)C(C)(O)CC1=O. The van der Waals surface area contributed by atoms with Gasteiger partial charge in [0, 0.05) is 6.42 Å². The third kappa shape index (κ3) is 1.70. The molecule has 4 nitrogen and oxygen atoms in total. The molecule has 1 aliphatic rings. The summed E-state index contributed by atoms with van der Waals surface area (Å²) < 4.78 is 4.73. The van der Waals surface area contributed by atoms with Gasteiger partial charge in [-0.1, -0.05) is 0 Å². The molecule has 4 heteroatoms. The van der Waals surface area contributed by atoms with Crippen LogP contribution in [-0.4, -0.2) is 29.1 Å². The van der Waals surface area contributed by atoms with Crippen LogP contribution in [0.2, 0.25) is 0 Å². The largest absolute Gasteiger partial charge is 0.462 e. The lowest BCUT2D eigenvalue weighted by molar-refractivity contribution is -0.139. The van der Waals surface area contributed by atoms with Gasteiger partial charge in [-0.15, -0.1) is 0 Å². The van der Waals surface area contributed by atoms with Crippen LogP contribution in [0.4, 0.5) is 0 Å². The minimum Gasteiger partial charge on any atom is -0.462 e. The molecule has 1 N–H and O–H groups in total. The van der Waals surface area contributed by atoms with E-state index in [0.29, 0.717) is 5.57 Å². The molecule has 0 amide bonds. The van der Waals surface area contributed by atoms with Crippen molar-refractivity contribution in [2.24, 2.45) is 0 Å². The number of hydrogen-bond acceptors (Lipinski definition) is 4. The first kappa shape index (κ1) is 10.9. The van der Waals surface area contributed by atoms with Gasteiger partial charge in [-0.05, 0) is 26.3 Å². The van der Waals surface area contributed by atoms with Crippen molar-refractivity contribution >= 4 is 11.8 Å². The van der Waals surface area contributed by atoms with Crippen molar-refractivity contribution in [3.05, 3.63) is 11.1 Å². The second-order valence-electron chi connectivity index (χ2n) is 3.59. The van der Waals surface area contributed by atoms with Crippen molar-refractivity contribution in [1.82, 2.24) is 0 Å². The Balaban J connectivity index is 3.02. The molecule has 14 heavy (non-hydrogen) atoms. The monoisotopic (exact) mass is 198 g/mol. The molecule has 1 unspecified atom stereocenters. The van der Waals surface area contributed by atoms with Crippen molar-refractivity contribution in [2.45, 2.75) is 32.8 Å². The third-order valence-electron chi connectivity index (χ3n) is 2.45. The topological polar surface area (TPSA) is 63.6 Å². The van der Waals surface area contributed by atoms with Crippen LogP contribution in [0.1, 0.15) is 27.2 Å². The van der Waals surface area contributed by atoms with E-state index in [1.54, 1.807) is 13.8 Å². The summed E-state index contributed by atoms with van der Waals surface area (Å²) in [5, 5.41) is 9.73. The Hall–Kier alpha value is -1.16. The molecule has 0 radical (unpaired) electrons. The molecule has 1 aliphatic carbocycles. The first-order valence-electron chi connectivity index (χ1n) is 4.54. The molecule has 78 valence electrons. The Morgan fingerprint density at radius 3 is 2.57 bits per heavy atom. The van der Waals surface area contributed by atoms with Crippen molar-refractivity contribution in [3.8, 4) is 0 Å². The first-order valence-corrected chi connectivity index (χ1v) is 4.54. The van der Waals surface area contributed by atoms with Gasteiger partial charge in [-0.2, -0.15) is 0 Å². The van der Waals surface area contributed by atoms with Crippen LogP contribution in [0, 0.1) is 0 Å². The van der Waals surface area contributed by atoms with Gasteiger partial charge in [0.15, 0.2) is 5.78 Å². The van der Waals surface area contributed by atoms with Crippen LogP contribution in [-0.2, 0) is 14.3 Å². The molecule has 0 saturated heterocycles. The summed E-state index contributed by atoms with van der Waals surface area (Å²) in [7, 11) is 0. The Morgan fingerprint density at radius 1 is 1.64 bits per heavy atom. The predicted octanol–water partition coefficient (Wildman–Crippen LogP) is 0.590. The average Bonchev–Trinajstić information content (AvgIpc) is 2.22. The first-order chi connectivity index (χ1) is 6.40. The van der Waals surface area contributed by atoms with Crippen LogP contribution >= 0.6 is 0 Å². The summed E-state index contributed by atoms with van der Waals surface area (Å²) >= 11 is 0. The highest BCUT2D eigenvalue weighted by atomic mass is 16.5. The number of carbonyl (C=O) groups excluding carboxylic acids is 2. The van der Waals surface area contributed by atoms with E-state index >= 15 is 0 Å². The van der Waals surface area contributed by atoms with Gasteiger partial charge >= 0.3 is 5.97 Å². The van der Waals surface area contributed by atoms with Gasteiger partial charge in [0.1, 0.15) is 5.57 Å². The fraction of sp³-hybridized carbons (Fsp3) is 0.600. The van der Waals surface area contributed by atoms with Crippen molar-refractivity contribution in [3.63, 3.8) is 0 Å². The lowest BCUT2D eigenvalue weighted by Gasteiger charge is -2.16. The maximum absolute atomic E-state index is 11.4. The number of ether oxygens (including phenoxy) is 1. The lowest BCUT2D eigenvalue weighted by atomic mass is 9.99. The second kappa shape index (κ2) is 3.53. The van der Waals surface area contributed by atoms with E-state index in [2.05, 4.69) is 0 Å². The normalized spacial score (nSPS) is 27.0. The van der Waals surface area contributed by atoms with E-state index in [1.165, 1.54) is 6.92 Å². The molecule has 0 spiro atoms. The van der Waals surface area contributed by atoms with E-state index < -0.39 is 11.6 Å². The maximum atomic E-state index is 11.4. The summed E-state index contributed by atoms with van der Waals surface area (Å²) in [6.45, 7) is 5.00. The third-order valence-corrected chi connectivity index (χ3v) is 2.45. The highest BCUT2D eigenvalue weighted by Gasteiger charge is 2.41. The molecule has 0 bridgehead atoms. The Labute approximate surface area is 82.6 Å². The fourth-order valence-corrected chi connectivity index (χ4v) is 1.48. The van der Waals surface area contributed by atoms with Gasteiger partial charge in [-0.25, -0.2) is 4.79 Å². The molecular weight excluding hydrogens is 184 g/mol. The van der Waals surface area contributed by atoms with Crippen LogP contribution in [0.15, 0.2) is 11.1 Å². The molecule has 0 aromatic heterocycles. The van der Waals surface area contributed by atoms with E-state index in [4.69, 9.17) is 4.74 Å². The number of esters is 1. The molecule has 0 aromatic carbocycles. The zero-order valence-electron chi connectivity index (χ0n) is 8.59. The zero-order chi connectivity index (χ0) is 10.9. The van der Waals surface area contributed by atoms with Crippen molar-refractivity contribution in [2.75, 3.05) is 6.61 Å². The summed E-state index contributed by atoms with van der Waals surface area (Å²) in [4.78, 5) is 22.7. The highest BCUT2D eigenvalue weighted by Crippen LogP contribution is 2.32. The van der Waals surface area contributed by atoms with Crippen LogP contribution in [0.25, 0.3) is 0 Å². The summed E-state index contributed by atoms with van der Waals surface area (Å²) in [6, 6.07) is 0. The van der Waals surface area contributed by atoms with Gasteiger partial charge in [-0.3, -0.25) is 4.79 Å². The Bertz CT molecular complexity index is 312. The molecule has 0 aliphatic heterocycles. The Morgan fingerprint density at radius 2 is 2.21 bits per heavy atom. The predicted molar refractivity (Wildman–Crippen MR) is 49.6 cm³/mol. The molecule has 0 heterocycles. The van der Waals surface area contributed by atoms with Gasteiger partial charge < -0.3 is 9.84 Å². The van der Waals surface area contributed by atoms with Gasteiger partial charge in [0.2, 0.25) is 0 Å². The second-order valence-corrected chi connectivity index (χ2v) is 3.59. The quantitative estimate of drug-likeness (QED) is 0.521. The number of aliphatic hydroxyl groups is 1. The molecule has 0 fully saturated rings. The van der Waals surface area contributed by atoms with Crippen molar-refractivity contribution < 1.29 is 19.4 Å². The summed E-state index contributed by atoms with van der Waals surface area (Å²) in [6.07, 6.45) is -0.0347. The molecule has 1 rings (SSSR count). The number of ketones is 1. The highest BCUT2D eigenvalue weighted by molar-refractivity contribution is 6.20. The van der Waals surface area contributed by atoms with Crippen molar-refractivity contribution in [1.29, 1.82) is 0 Å². The van der Waals surface area contributed by atoms with E-state index in [-0.39, 0.29) is 24.4 Å².